The van der Waals surface area contributed by atoms with E-state index in [0.29, 0.717) is 0 Å². The molecule has 0 aromatic carbocycles. The summed E-state index contributed by atoms with van der Waals surface area (Å²) >= 11 is 1.69. The second kappa shape index (κ2) is 3.83. The van der Waals surface area contributed by atoms with Crippen molar-refractivity contribution >= 4 is 17.7 Å². The lowest BCUT2D eigenvalue weighted by Crippen LogP contribution is -2.53. The Labute approximate surface area is 64.9 Å². The van der Waals surface area contributed by atoms with Crippen LogP contribution in [0, 0.1) is 0 Å². The van der Waals surface area contributed by atoms with Gasteiger partial charge in [-0.25, -0.2) is 0 Å². The first kappa shape index (κ1) is 7.88. The molecule has 1 heterocycles. The molecule has 58 valence electrons. The molecule has 0 aromatic rings. The smallest absolute Gasteiger partial charge is 0.238 e. The van der Waals surface area contributed by atoms with Crippen molar-refractivity contribution in [3.05, 3.63) is 0 Å². The Hall–Kier alpha value is -0.220. The molecule has 0 spiro atoms. The van der Waals surface area contributed by atoms with Gasteiger partial charge in [-0.05, 0) is 6.26 Å². The van der Waals surface area contributed by atoms with Crippen LogP contribution in [0.5, 0.6) is 0 Å². The Morgan fingerprint density at radius 1 is 1.70 bits per heavy atom. The second-order valence-corrected chi connectivity index (χ2v) is 3.16. The minimum absolute atomic E-state index is 0.0312. The number of thioether (sulfide) groups is 1. The van der Waals surface area contributed by atoms with E-state index in [1.807, 2.05) is 6.26 Å². The minimum atomic E-state index is 0.0312. The van der Waals surface area contributed by atoms with Crippen LogP contribution in [-0.4, -0.2) is 37.0 Å². The van der Waals surface area contributed by atoms with Crippen LogP contribution in [0.1, 0.15) is 0 Å². The molecule has 10 heavy (non-hydrogen) atoms. The Kier molecular flexibility index (Phi) is 3.02. The molecule has 1 saturated heterocycles. The summed E-state index contributed by atoms with van der Waals surface area (Å²) in [6.07, 6.45) is 2.00. The zero-order chi connectivity index (χ0) is 7.40. The van der Waals surface area contributed by atoms with Gasteiger partial charge in [0.15, 0.2) is 0 Å². The number of hydrogen-bond acceptors (Lipinski definition) is 3. The maximum absolute atomic E-state index is 11.0. The SMILES string of the molecule is CSC[C@H]1NCCNC1=O. The van der Waals surface area contributed by atoms with Crippen LogP contribution in [0.15, 0.2) is 0 Å². The zero-order valence-corrected chi connectivity index (χ0v) is 6.83. The van der Waals surface area contributed by atoms with E-state index in [4.69, 9.17) is 0 Å². The lowest BCUT2D eigenvalue weighted by atomic mass is 10.2. The van der Waals surface area contributed by atoms with Crippen molar-refractivity contribution < 1.29 is 4.79 Å². The normalized spacial score (nSPS) is 26.1. The zero-order valence-electron chi connectivity index (χ0n) is 6.02. The molecule has 3 nitrogen and oxygen atoms in total. The summed E-state index contributed by atoms with van der Waals surface area (Å²) in [6.45, 7) is 1.67. The lowest BCUT2D eigenvalue weighted by Gasteiger charge is -2.22. The van der Waals surface area contributed by atoms with Crippen LogP contribution >= 0.6 is 11.8 Å². The highest BCUT2D eigenvalue weighted by Crippen LogP contribution is 1.98. The number of rotatable bonds is 2. The monoisotopic (exact) mass is 160 g/mol. The van der Waals surface area contributed by atoms with Crippen molar-refractivity contribution in [2.24, 2.45) is 0 Å². The molecule has 1 rings (SSSR count). The maximum atomic E-state index is 11.0. The van der Waals surface area contributed by atoms with Crippen molar-refractivity contribution in [2.45, 2.75) is 6.04 Å². The van der Waals surface area contributed by atoms with Gasteiger partial charge >= 0.3 is 0 Å². The Morgan fingerprint density at radius 2 is 2.50 bits per heavy atom. The van der Waals surface area contributed by atoms with Crippen LogP contribution < -0.4 is 10.6 Å². The fourth-order valence-electron chi connectivity index (χ4n) is 0.949. The van der Waals surface area contributed by atoms with Crippen LogP contribution in [0.4, 0.5) is 0 Å². The molecule has 0 bridgehead atoms. The van der Waals surface area contributed by atoms with Crippen LogP contribution in [0.25, 0.3) is 0 Å². The first-order chi connectivity index (χ1) is 4.84. The predicted molar refractivity (Wildman–Crippen MR) is 43.2 cm³/mol. The van der Waals surface area contributed by atoms with E-state index in [9.17, 15) is 4.79 Å². The molecule has 1 fully saturated rings. The van der Waals surface area contributed by atoms with E-state index in [-0.39, 0.29) is 11.9 Å². The molecule has 2 N–H and O–H groups in total. The number of nitrogens with one attached hydrogen (secondary N) is 2. The van der Waals surface area contributed by atoms with Crippen molar-refractivity contribution in [3.63, 3.8) is 0 Å². The Balaban J connectivity index is 2.32. The van der Waals surface area contributed by atoms with Gasteiger partial charge in [0.2, 0.25) is 5.91 Å². The highest BCUT2D eigenvalue weighted by atomic mass is 32.2. The van der Waals surface area contributed by atoms with Crippen LogP contribution in [0.2, 0.25) is 0 Å². The van der Waals surface area contributed by atoms with E-state index < -0.39 is 0 Å². The summed E-state index contributed by atoms with van der Waals surface area (Å²) in [7, 11) is 0. The van der Waals surface area contributed by atoms with Crippen LogP contribution in [0.3, 0.4) is 0 Å². The third kappa shape index (κ3) is 1.88. The topological polar surface area (TPSA) is 41.1 Å². The molecule has 4 heteroatoms. The van der Waals surface area contributed by atoms with Gasteiger partial charge in [0, 0.05) is 18.8 Å². The fraction of sp³-hybridized carbons (Fsp3) is 0.833. The van der Waals surface area contributed by atoms with Gasteiger partial charge in [0.25, 0.3) is 0 Å². The third-order valence-corrected chi connectivity index (χ3v) is 2.13. The molecular weight excluding hydrogens is 148 g/mol. The largest absolute Gasteiger partial charge is 0.353 e. The van der Waals surface area contributed by atoms with Crippen LogP contribution in [-0.2, 0) is 4.79 Å². The molecule has 0 unspecified atom stereocenters. The van der Waals surface area contributed by atoms with Gasteiger partial charge in [-0.1, -0.05) is 0 Å². The van der Waals surface area contributed by atoms with Gasteiger partial charge in [-0.15, -0.1) is 0 Å². The quantitative estimate of drug-likeness (QED) is 0.569. The highest BCUT2D eigenvalue weighted by molar-refractivity contribution is 7.98. The van der Waals surface area contributed by atoms with E-state index in [1.54, 1.807) is 11.8 Å². The molecule has 0 aromatic heterocycles. The fourth-order valence-corrected chi connectivity index (χ4v) is 1.55. The lowest BCUT2D eigenvalue weighted by molar-refractivity contribution is -0.123. The minimum Gasteiger partial charge on any atom is -0.353 e. The molecule has 1 aliphatic rings. The number of piperazine rings is 1. The van der Waals surface area contributed by atoms with Gasteiger partial charge < -0.3 is 10.6 Å². The van der Waals surface area contributed by atoms with Crippen molar-refractivity contribution in [3.8, 4) is 0 Å². The summed E-state index contributed by atoms with van der Waals surface area (Å²) in [6, 6.07) is 0.0312. The maximum Gasteiger partial charge on any atom is 0.238 e. The van der Waals surface area contributed by atoms with Gasteiger partial charge in [-0.2, -0.15) is 11.8 Å². The molecule has 0 saturated carbocycles. The Bertz CT molecular complexity index is 127. The summed E-state index contributed by atoms with van der Waals surface area (Å²) < 4.78 is 0. The number of amides is 1. The van der Waals surface area contributed by atoms with Crippen molar-refractivity contribution in [2.75, 3.05) is 25.1 Å². The number of hydrogen-bond donors (Lipinski definition) is 2. The summed E-state index contributed by atoms with van der Waals surface area (Å²) in [4.78, 5) is 11.0. The van der Waals surface area contributed by atoms with E-state index >= 15 is 0 Å². The molecule has 0 aliphatic carbocycles. The summed E-state index contributed by atoms with van der Waals surface area (Å²) in [5, 5.41) is 5.94. The first-order valence-corrected chi connectivity index (χ1v) is 4.74. The molecule has 1 amide bonds. The highest BCUT2D eigenvalue weighted by Gasteiger charge is 2.19. The van der Waals surface area contributed by atoms with E-state index in [2.05, 4.69) is 10.6 Å². The average molecular weight is 160 g/mol. The molecule has 0 radical (unpaired) electrons. The molecule has 1 atom stereocenters. The number of carbonyl (C=O) groups is 1. The van der Waals surface area contributed by atoms with Crippen molar-refractivity contribution in [1.29, 1.82) is 0 Å². The molecular formula is C6H12N2OS. The first-order valence-electron chi connectivity index (χ1n) is 3.34. The third-order valence-electron chi connectivity index (χ3n) is 1.46. The number of carbonyl (C=O) groups excluding carboxylic acids is 1. The predicted octanol–water partition coefficient (Wildman–Crippen LogP) is -0.563. The Morgan fingerprint density at radius 3 is 3.10 bits per heavy atom. The van der Waals surface area contributed by atoms with Gasteiger partial charge in [0.1, 0.15) is 0 Å². The average Bonchev–Trinajstić information content (AvgIpc) is 1.94. The summed E-state index contributed by atoms with van der Waals surface area (Å²) in [5.74, 6) is 1.01. The molecule has 1 aliphatic heterocycles. The summed E-state index contributed by atoms with van der Waals surface area (Å²) in [5.41, 5.74) is 0. The van der Waals surface area contributed by atoms with Crippen molar-refractivity contribution in [1.82, 2.24) is 10.6 Å². The standard InChI is InChI=1S/C6H12N2OS/c1-10-4-5-6(9)8-3-2-7-5/h5,7H,2-4H2,1H3,(H,8,9)/t5-/m1/s1. The van der Waals surface area contributed by atoms with Gasteiger partial charge in [-0.3, -0.25) is 4.79 Å². The van der Waals surface area contributed by atoms with E-state index in [1.165, 1.54) is 0 Å². The van der Waals surface area contributed by atoms with E-state index in [0.717, 1.165) is 18.8 Å². The second-order valence-electron chi connectivity index (χ2n) is 2.25. The van der Waals surface area contributed by atoms with Gasteiger partial charge in [0.05, 0.1) is 6.04 Å².